The molecule has 2 rings (SSSR count). The van der Waals surface area contributed by atoms with Gasteiger partial charge in [-0.3, -0.25) is 14.5 Å². The average molecular weight is 474 g/mol. The third kappa shape index (κ3) is 6.67. The summed E-state index contributed by atoms with van der Waals surface area (Å²) in [6.07, 6.45) is 0.939. The highest BCUT2D eigenvalue weighted by Gasteiger charge is 2.20. The van der Waals surface area contributed by atoms with Crippen LogP contribution in [-0.2, 0) is 9.59 Å². The fourth-order valence-corrected chi connectivity index (χ4v) is 4.30. The van der Waals surface area contributed by atoms with Gasteiger partial charge in [0.1, 0.15) is 0 Å². The summed E-state index contributed by atoms with van der Waals surface area (Å²) < 4.78 is 1.03. The first-order valence-corrected chi connectivity index (χ1v) is 11.1. The van der Waals surface area contributed by atoms with Crippen LogP contribution in [0.2, 0.25) is 0 Å². The summed E-state index contributed by atoms with van der Waals surface area (Å²) in [5.41, 5.74) is 5.15. The summed E-state index contributed by atoms with van der Waals surface area (Å²) in [6.45, 7) is 11.2. The van der Waals surface area contributed by atoms with E-state index in [4.69, 9.17) is 0 Å². The zero-order valence-electron chi connectivity index (χ0n) is 18.5. The lowest BCUT2D eigenvalue weighted by Gasteiger charge is -2.29. The van der Waals surface area contributed by atoms with Gasteiger partial charge >= 0.3 is 0 Å². The summed E-state index contributed by atoms with van der Waals surface area (Å²) in [7, 11) is 0. The Labute approximate surface area is 188 Å². The lowest BCUT2D eigenvalue weighted by atomic mass is 10.1. The molecule has 2 aromatic rings. The number of rotatable bonds is 9. The third-order valence-corrected chi connectivity index (χ3v) is 5.87. The van der Waals surface area contributed by atoms with Crippen LogP contribution in [0.15, 0.2) is 40.9 Å². The first kappa shape index (κ1) is 24.1. The van der Waals surface area contributed by atoms with Crippen molar-refractivity contribution in [2.45, 2.75) is 47.1 Å². The van der Waals surface area contributed by atoms with Gasteiger partial charge in [0.25, 0.3) is 0 Å². The lowest BCUT2D eigenvalue weighted by Crippen LogP contribution is -2.41. The van der Waals surface area contributed by atoms with Gasteiger partial charge in [0, 0.05) is 16.2 Å². The van der Waals surface area contributed by atoms with E-state index in [1.54, 1.807) is 0 Å². The summed E-state index contributed by atoms with van der Waals surface area (Å²) in [6, 6.07) is 12.2. The molecule has 1 unspecified atom stereocenters. The Morgan fingerprint density at radius 3 is 2.30 bits per heavy atom. The second kappa shape index (κ2) is 11.3. The van der Waals surface area contributed by atoms with Crippen LogP contribution in [0.5, 0.6) is 0 Å². The van der Waals surface area contributed by atoms with Crippen LogP contribution < -0.4 is 10.6 Å². The van der Waals surface area contributed by atoms with E-state index in [2.05, 4.69) is 51.4 Å². The van der Waals surface area contributed by atoms with Crippen LogP contribution in [-0.4, -0.2) is 36.3 Å². The van der Waals surface area contributed by atoms with Gasteiger partial charge in [0.15, 0.2) is 0 Å². The molecule has 0 bridgehead atoms. The van der Waals surface area contributed by atoms with Crippen LogP contribution in [0.25, 0.3) is 0 Å². The van der Waals surface area contributed by atoms with Crippen molar-refractivity contribution in [3.8, 4) is 0 Å². The summed E-state index contributed by atoms with van der Waals surface area (Å²) in [5, 5.41) is 5.68. The lowest BCUT2D eigenvalue weighted by molar-refractivity contribution is -0.125. The highest BCUT2D eigenvalue weighted by Crippen LogP contribution is 2.27. The molecule has 0 radical (unpaired) electrons. The number of aryl methyl sites for hydroxylation is 3. The number of benzene rings is 2. The molecule has 0 aliphatic carbocycles. The van der Waals surface area contributed by atoms with Crippen molar-refractivity contribution in [2.75, 3.05) is 25.0 Å². The highest BCUT2D eigenvalue weighted by molar-refractivity contribution is 9.10. The van der Waals surface area contributed by atoms with Gasteiger partial charge in [-0.15, -0.1) is 0 Å². The number of amides is 2. The van der Waals surface area contributed by atoms with E-state index in [9.17, 15) is 9.59 Å². The number of carbonyl (C=O) groups excluding carboxylic acids is 2. The van der Waals surface area contributed by atoms with Gasteiger partial charge < -0.3 is 10.6 Å². The Morgan fingerprint density at radius 1 is 1.07 bits per heavy atom. The Morgan fingerprint density at radius 2 is 1.70 bits per heavy atom. The average Bonchev–Trinajstić information content (AvgIpc) is 2.68. The Kier molecular flexibility index (Phi) is 9.06. The normalized spacial score (nSPS) is 12.0. The number of hydrogen-bond acceptors (Lipinski definition) is 3. The maximum absolute atomic E-state index is 12.5. The molecule has 2 N–H and O–H groups in total. The molecule has 2 aromatic carbocycles. The highest BCUT2D eigenvalue weighted by atomic mass is 79.9. The minimum Gasteiger partial charge on any atom is -0.346 e. The number of nitrogens with one attached hydrogen (secondary N) is 2. The van der Waals surface area contributed by atoms with Crippen molar-refractivity contribution < 1.29 is 9.59 Å². The molecule has 0 fully saturated rings. The van der Waals surface area contributed by atoms with Gasteiger partial charge in [-0.2, -0.15) is 0 Å². The number of halogens is 1. The molecule has 6 heteroatoms. The van der Waals surface area contributed by atoms with Crippen LogP contribution >= 0.6 is 15.9 Å². The number of carbonyl (C=O) groups is 2. The maximum Gasteiger partial charge on any atom is 0.243 e. The van der Waals surface area contributed by atoms with Gasteiger partial charge in [-0.1, -0.05) is 58.7 Å². The summed E-state index contributed by atoms with van der Waals surface area (Å²) in [4.78, 5) is 27.0. The van der Waals surface area contributed by atoms with Gasteiger partial charge in [0.2, 0.25) is 11.8 Å². The summed E-state index contributed by atoms with van der Waals surface area (Å²) in [5.74, 6) is -0.380. The second-order valence-corrected chi connectivity index (χ2v) is 8.62. The smallest absolute Gasteiger partial charge is 0.243 e. The van der Waals surface area contributed by atoms with E-state index in [1.807, 2.05) is 51.1 Å². The Hall–Kier alpha value is -2.18. The Bertz CT molecular complexity index is 875. The molecule has 0 aliphatic heterocycles. The molecule has 30 heavy (non-hydrogen) atoms. The molecule has 2 amide bonds. The predicted molar refractivity (Wildman–Crippen MR) is 127 cm³/mol. The molecular formula is C24H32BrN3O2. The standard InChI is InChI=1S/C24H32BrN3O2/c1-6-11-28(19(5)20-9-7-8-10-21(20)25)15-23(30)26-14-22(29)27-24-17(3)12-16(2)13-18(24)4/h7-10,12-13,19H,6,11,14-15H2,1-5H3,(H,26,30)(H,27,29). The van der Waals surface area contributed by atoms with Crippen molar-refractivity contribution >= 4 is 33.4 Å². The molecule has 0 aromatic heterocycles. The fraction of sp³-hybridized carbons (Fsp3) is 0.417. The van der Waals surface area contributed by atoms with Gasteiger partial charge in [0.05, 0.1) is 13.1 Å². The van der Waals surface area contributed by atoms with E-state index in [-0.39, 0.29) is 30.9 Å². The minimum atomic E-state index is -0.223. The first-order valence-electron chi connectivity index (χ1n) is 10.4. The largest absolute Gasteiger partial charge is 0.346 e. The minimum absolute atomic E-state index is 0.0467. The van der Waals surface area contributed by atoms with Crippen molar-refractivity contribution in [3.05, 3.63) is 63.1 Å². The quantitative estimate of drug-likeness (QED) is 0.544. The van der Waals surface area contributed by atoms with E-state index < -0.39 is 0 Å². The van der Waals surface area contributed by atoms with E-state index in [0.29, 0.717) is 0 Å². The van der Waals surface area contributed by atoms with E-state index in [0.717, 1.165) is 45.4 Å². The predicted octanol–water partition coefficient (Wildman–Crippen LogP) is 4.90. The summed E-state index contributed by atoms with van der Waals surface area (Å²) >= 11 is 3.60. The zero-order valence-corrected chi connectivity index (χ0v) is 20.1. The molecule has 0 saturated carbocycles. The van der Waals surface area contributed by atoms with E-state index >= 15 is 0 Å². The van der Waals surface area contributed by atoms with Crippen molar-refractivity contribution in [1.29, 1.82) is 0 Å². The van der Waals surface area contributed by atoms with Crippen LogP contribution in [0.1, 0.15) is 48.6 Å². The molecule has 0 saturated heterocycles. The van der Waals surface area contributed by atoms with Gasteiger partial charge in [-0.05, 0) is 63.4 Å². The fourth-order valence-electron chi connectivity index (χ4n) is 3.69. The number of hydrogen-bond donors (Lipinski definition) is 2. The topological polar surface area (TPSA) is 61.4 Å². The molecule has 162 valence electrons. The Balaban J connectivity index is 1.94. The molecule has 0 heterocycles. The SMILES string of the molecule is CCCN(CC(=O)NCC(=O)Nc1c(C)cc(C)cc1C)C(C)c1ccccc1Br. The van der Waals surface area contributed by atoms with E-state index in [1.165, 1.54) is 0 Å². The van der Waals surface area contributed by atoms with Crippen molar-refractivity contribution in [2.24, 2.45) is 0 Å². The van der Waals surface area contributed by atoms with Gasteiger partial charge in [-0.25, -0.2) is 0 Å². The third-order valence-electron chi connectivity index (χ3n) is 5.15. The zero-order chi connectivity index (χ0) is 22.3. The van der Waals surface area contributed by atoms with Crippen LogP contribution in [0.3, 0.4) is 0 Å². The first-order chi connectivity index (χ1) is 14.2. The molecule has 0 aliphatic rings. The second-order valence-electron chi connectivity index (χ2n) is 7.77. The molecule has 1 atom stereocenters. The molecule has 5 nitrogen and oxygen atoms in total. The number of anilines is 1. The monoisotopic (exact) mass is 473 g/mol. The van der Waals surface area contributed by atoms with Crippen LogP contribution in [0, 0.1) is 20.8 Å². The number of nitrogens with zero attached hydrogens (tertiary/aromatic N) is 1. The van der Waals surface area contributed by atoms with Crippen molar-refractivity contribution in [3.63, 3.8) is 0 Å². The van der Waals surface area contributed by atoms with Crippen LogP contribution in [0.4, 0.5) is 5.69 Å². The molecule has 0 spiro atoms. The molecular weight excluding hydrogens is 442 g/mol. The van der Waals surface area contributed by atoms with Crippen molar-refractivity contribution in [1.82, 2.24) is 10.2 Å². The maximum atomic E-state index is 12.5.